The maximum atomic E-state index is 13.9. The first-order valence-electron chi connectivity index (χ1n) is 6.84. The molecular weight excluding hydrogens is 270 g/mol. The largest absolute Gasteiger partial charge is 0.271 e. The van der Waals surface area contributed by atoms with Gasteiger partial charge in [-0.1, -0.05) is 45.0 Å². The zero-order valence-electron chi connectivity index (χ0n) is 12.5. The lowest BCUT2D eigenvalue weighted by Gasteiger charge is -2.22. The van der Waals surface area contributed by atoms with Crippen molar-refractivity contribution in [1.29, 1.82) is 0 Å². The molecule has 0 heterocycles. The normalized spacial score (nSPS) is 13.2. The van der Waals surface area contributed by atoms with Crippen molar-refractivity contribution in [3.05, 3.63) is 70.8 Å². The summed E-state index contributed by atoms with van der Waals surface area (Å²) in [6.45, 7) is 6.35. The number of halogens is 2. The monoisotopic (exact) mass is 290 g/mol. The van der Waals surface area contributed by atoms with Crippen LogP contribution in [-0.4, -0.2) is 0 Å². The van der Waals surface area contributed by atoms with Gasteiger partial charge in [0.2, 0.25) is 0 Å². The molecule has 2 aromatic rings. The van der Waals surface area contributed by atoms with Gasteiger partial charge in [0.25, 0.3) is 0 Å². The second-order valence-corrected chi connectivity index (χ2v) is 6.14. The van der Waals surface area contributed by atoms with E-state index in [0.717, 1.165) is 23.8 Å². The predicted octanol–water partition coefficient (Wildman–Crippen LogP) is 3.82. The van der Waals surface area contributed by atoms with Gasteiger partial charge in [-0.2, -0.15) is 0 Å². The van der Waals surface area contributed by atoms with Crippen LogP contribution >= 0.6 is 0 Å². The summed E-state index contributed by atoms with van der Waals surface area (Å²) in [5.41, 5.74) is 4.74. The highest BCUT2D eigenvalue weighted by Crippen LogP contribution is 2.28. The summed E-state index contributed by atoms with van der Waals surface area (Å²) in [5, 5.41) is 0. The van der Waals surface area contributed by atoms with E-state index in [0.29, 0.717) is 0 Å². The summed E-state index contributed by atoms with van der Waals surface area (Å²) in [7, 11) is 0. The van der Waals surface area contributed by atoms with Gasteiger partial charge in [0.15, 0.2) is 0 Å². The first-order valence-corrected chi connectivity index (χ1v) is 6.84. The molecule has 0 radical (unpaired) electrons. The van der Waals surface area contributed by atoms with Crippen LogP contribution in [0.3, 0.4) is 0 Å². The van der Waals surface area contributed by atoms with Crippen LogP contribution in [0.4, 0.5) is 8.78 Å². The van der Waals surface area contributed by atoms with Gasteiger partial charge >= 0.3 is 0 Å². The van der Waals surface area contributed by atoms with E-state index in [1.165, 1.54) is 5.56 Å². The van der Waals surface area contributed by atoms with Crippen molar-refractivity contribution in [1.82, 2.24) is 5.43 Å². The molecule has 4 heteroatoms. The summed E-state index contributed by atoms with van der Waals surface area (Å²) in [5.74, 6) is 4.57. The maximum Gasteiger partial charge on any atom is 0.128 e. The van der Waals surface area contributed by atoms with Gasteiger partial charge in [-0.3, -0.25) is 5.84 Å². The highest BCUT2D eigenvalue weighted by atomic mass is 19.1. The quantitative estimate of drug-likeness (QED) is 0.666. The van der Waals surface area contributed by atoms with Crippen molar-refractivity contribution >= 4 is 0 Å². The molecule has 0 aliphatic heterocycles. The Morgan fingerprint density at radius 3 is 2.14 bits per heavy atom. The van der Waals surface area contributed by atoms with Gasteiger partial charge in [-0.25, -0.2) is 14.2 Å². The fourth-order valence-corrected chi connectivity index (χ4v) is 2.28. The summed E-state index contributed by atoms with van der Waals surface area (Å²) in [6.07, 6.45) is 0. The van der Waals surface area contributed by atoms with E-state index >= 15 is 0 Å². The molecule has 2 rings (SSSR count). The fraction of sp³-hybridized carbons (Fsp3) is 0.294. The minimum absolute atomic E-state index is 0.0360. The van der Waals surface area contributed by atoms with Gasteiger partial charge in [-0.15, -0.1) is 0 Å². The maximum absolute atomic E-state index is 13.9. The van der Waals surface area contributed by atoms with Gasteiger partial charge in [0, 0.05) is 5.56 Å². The van der Waals surface area contributed by atoms with Crippen molar-refractivity contribution < 1.29 is 8.78 Å². The molecule has 0 spiro atoms. The van der Waals surface area contributed by atoms with Crippen molar-refractivity contribution in [2.45, 2.75) is 32.2 Å². The lowest BCUT2D eigenvalue weighted by atomic mass is 9.86. The lowest BCUT2D eigenvalue weighted by molar-refractivity contribution is 0.544. The van der Waals surface area contributed by atoms with E-state index in [9.17, 15) is 8.78 Å². The summed E-state index contributed by atoms with van der Waals surface area (Å²) >= 11 is 0. The Labute approximate surface area is 124 Å². The highest BCUT2D eigenvalue weighted by molar-refractivity contribution is 5.36. The van der Waals surface area contributed by atoms with Crippen LogP contribution in [0.15, 0.2) is 42.5 Å². The Morgan fingerprint density at radius 1 is 1.00 bits per heavy atom. The molecule has 2 nitrogen and oxygen atoms in total. The van der Waals surface area contributed by atoms with Gasteiger partial charge in [0.1, 0.15) is 11.6 Å². The standard InChI is InChI=1S/C17H20F2N2/c1-17(2,3)12-6-4-11(5-7-12)16(21-20)14-10-13(18)8-9-15(14)19/h4-10,16,21H,20H2,1-3H3. The van der Waals surface area contributed by atoms with Gasteiger partial charge in [0.05, 0.1) is 6.04 Å². The molecular formula is C17H20F2N2. The smallest absolute Gasteiger partial charge is 0.128 e. The number of hydrogen-bond acceptors (Lipinski definition) is 2. The Morgan fingerprint density at radius 2 is 1.62 bits per heavy atom. The van der Waals surface area contributed by atoms with E-state index < -0.39 is 17.7 Å². The second kappa shape index (κ2) is 5.92. The van der Waals surface area contributed by atoms with E-state index in [-0.39, 0.29) is 11.0 Å². The molecule has 0 bridgehead atoms. The molecule has 3 N–H and O–H groups in total. The van der Waals surface area contributed by atoms with Crippen LogP contribution in [0.5, 0.6) is 0 Å². The molecule has 0 fully saturated rings. The molecule has 112 valence electrons. The third-order valence-electron chi connectivity index (χ3n) is 3.55. The number of rotatable bonds is 3. The Kier molecular flexibility index (Phi) is 4.40. The minimum atomic E-state index is -0.588. The van der Waals surface area contributed by atoms with Crippen molar-refractivity contribution in [3.8, 4) is 0 Å². The Balaban J connectivity index is 2.40. The molecule has 0 aromatic heterocycles. The molecule has 0 saturated heterocycles. The average molecular weight is 290 g/mol. The van der Waals surface area contributed by atoms with Crippen molar-refractivity contribution in [2.24, 2.45) is 5.84 Å². The van der Waals surface area contributed by atoms with Crippen LogP contribution in [0.2, 0.25) is 0 Å². The van der Waals surface area contributed by atoms with Crippen molar-refractivity contribution in [3.63, 3.8) is 0 Å². The average Bonchev–Trinajstić information content (AvgIpc) is 2.43. The number of hydrazine groups is 1. The third-order valence-corrected chi connectivity index (χ3v) is 3.55. The second-order valence-electron chi connectivity index (χ2n) is 6.14. The molecule has 0 aliphatic carbocycles. The van der Waals surface area contributed by atoms with E-state index in [2.05, 4.69) is 26.2 Å². The number of benzene rings is 2. The van der Waals surface area contributed by atoms with E-state index in [4.69, 9.17) is 5.84 Å². The Bertz CT molecular complexity index is 616. The van der Waals surface area contributed by atoms with Crippen LogP contribution in [0.25, 0.3) is 0 Å². The van der Waals surface area contributed by atoms with E-state index in [1.54, 1.807) is 0 Å². The third kappa shape index (κ3) is 3.46. The van der Waals surface area contributed by atoms with Crippen molar-refractivity contribution in [2.75, 3.05) is 0 Å². The Hall–Kier alpha value is -1.78. The molecule has 1 unspecified atom stereocenters. The molecule has 2 aromatic carbocycles. The zero-order valence-corrected chi connectivity index (χ0v) is 12.5. The number of nitrogens with two attached hydrogens (primary N) is 1. The van der Waals surface area contributed by atoms with Gasteiger partial charge < -0.3 is 0 Å². The minimum Gasteiger partial charge on any atom is -0.271 e. The summed E-state index contributed by atoms with van der Waals surface area (Å²) in [4.78, 5) is 0. The predicted molar refractivity (Wildman–Crippen MR) is 80.7 cm³/mol. The lowest BCUT2D eigenvalue weighted by Crippen LogP contribution is -2.29. The molecule has 0 saturated carbocycles. The molecule has 0 amide bonds. The molecule has 21 heavy (non-hydrogen) atoms. The first kappa shape index (κ1) is 15.6. The topological polar surface area (TPSA) is 38.0 Å². The molecule has 0 aliphatic rings. The van der Waals surface area contributed by atoms with E-state index in [1.807, 2.05) is 24.3 Å². The molecule has 1 atom stereocenters. The highest BCUT2D eigenvalue weighted by Gasteiger charge is 2.19. The first-order chi connectivity index (χ1) is 9.82. The number of nitrogens with one attached hydrogen (secondary N) is 1. The fourth-order valence-electron chi connectivity index (χ4n) is 2.28. The zero-order chi connectivity index (χ0) is 15.6. The van der Waals surface area contributed by atoms with Crippen LogP contribution in [0, 0.1) is 11.6 Å². The van der Waals surface area contributed by atoms with Gasteiger partial charge in [-0.05, 0) is 34.7 Å². The SMILES string of the molecule is CC(C)(C)c1ccc(C(NN)c2cc(F)ccc2F)cc1. The number of hydrogen-bond donors (Lipinski definition) is 2. The van der Waals surface area contributed by atoms with Crippen LogP contribution < -0.4 is 11.3 Å². The summed E-state index contributed by atoms with van der Waals surface area (Å²) in [6, 6.07) is 10.5. The van der Waals surface area contributed by atoms with Crippen LogP contribution in [0.1, 0.15) is 43.5 Å². The summed E-state index contributed by atoms with van der Waals surface area (Å²) < 4.78 is 27.2. The van der Waals surface area contributed by atoms with Crippen LogP contribution in [-0.2, 0) is 5.41 Å².